The van der Waals surface area contributed by atoms with E-state index >= 15 is 0 Å². The second kappa shape index (κ2) is 10.4. The van der Waals surface area contributed by atoms with Gasteiger partial charge in [-0.25, -0.2) is 0 Å². The first kappa shape index (κ1) is 21.4. The number of amides is 1. The average Bonchev–Trinajstić information content (AvgIpc) is 2.71. The van der Waals surface area contributed by atoms with E-state index in [1.807, 2.05) is 58.3 Å². The fourth-order valence-electron chi connectivity index (χ4n) is 2.83. The average molecular weight is 383 g/mol. The van der Waals surface area contributed by atoms with Crippen molar-refractivity contribution in [3.8, 4) is 11.5 Å². The lowest BCUT2D eigenvalue weighted by Crippen LogP contribution is -2.34. The molecule has 150 valence electrons. The summed E-state index contributed by atoms with van der Waals surface area (Å²) in [7, 11) is 5.61. The van der Waals surface area contributed by atoms with Gasteiger partial charge >= 0.3 is 0 Å². The second-order valence-electron chi connectivity index (χ2n) is 6.67. The van der Waals surface area contributed by atoms with Crippen molar-refractivity contribution in [1.82, 2.24) is 4.90 Å². The van der Waals surface area contributed by atoms with E-state index < -0.39 is 0 Å². The van der Waals surface area contributed by atoms with Crippen molar-refractivity contribution < 1.29 is 14.3 Å². The molecule has 2 aromatic rings. The van der Waals surface area contributed by atoms with E-state index in [1.165, 1.54) is 0 Å². The Morgan fingerprint density at radius 3 is 2.36 bits per heavy atom. The van der Waals surface area contributed by atoms with Crippen molar-refractivity contribution in [2.75, 3.05) is 39.3 Å². The van der Waals surface area contributed by atoms with Gasteiger partial charge in [0.15, 0.2) is 18.1 Å². The number of allylic oxidation sites excluding steroid dienone is 1. The maximum Gasteiger partial charge on any atom is 0.260 e. The molecule has 5 heteroatoms. The third-order valence-electron chi connectivity index (χ3n) is 4.46. The molecule has 0 aromatic heterocycles. The van der Waals surface area contributed by atoms with Crippen LogP contribution in [0.3, 0.4) is 0 Å². The molecule has 0 aliphatic rings. The van der Waals surface area contributed by atoms with Crippen molar-refractivity contribution in [2.24, 2.45) is 0 Å². The van der Waals surface area contributed by atoms with Crippen LogP contribution in [0, 0.1) is 0 Å². The molecule has 0 aliphatic heterocycles. The van der Waals surface area contributed by atoms with Gasteiger partial charge in [-0.05, 0) is 49.2 Å². The molecule has 0 unspecified atom stereocenters. The molecule has 28 heavy (non-hydrogen) atoms. The van der Waals surface area contributed by atoms with Crippen LogP contribution in [0.5, 0.6) is 11.5 Å². The number of anilines is 1. The van der Waals surface area contributed by atoms with Crippen LogP contribution in [0.2, 0.25) is 0 Å². The van der Waals surface area contributed by atoms with Crippen molar-refractivity contribution in [3.05, 3.63) is 59.7 Å². The van der Waals surface area contributed by atoms with Crippen LogP contribution in [0.4, 0.5) is 5.69 Å². The summed E-state index contributed by atoms with van der Waals surface area (Å²) in [6, 6.07) is 13.9. The standard InChI is InChI=1S/C23H30N2O3/c1-6-8-18-11-14-21(22(15-18)27-5)28-17-23(26)25(7-2)16-19-9-12-20(13-10-19)24(3)4/h6,8-15H,7,16-17H2,1-5H3/b8-6+. The first-order chi connectivity index (χ1) is 13.5. The van der Waals surface area contributed by atoms with E-state index in [-0.39, 0.29) is 12.5 Å². The first-order valence-corrected chi connectivity index (χ1v) is 9.46. The van der Waals surface area contributed by atoms with Gasteiger partial charge in [0, 0.05) is 32.9 Å². The number of ether oxygens (including phenoxy) is 2. The Morgan fingerprint density at radius 2 is 1.79 bits per heavy atom. The molecule has 0 heterocycles. The van der Waals surface area contributed by atoms with E-state index in [9.17, 15) is 4.79 Å². The number of carbonyl (C=O) groups excluding carboxylic acids is 1. The van der Waals surface area contributed by atoms with Crippen molar-refractivity contribution in [3.63, 3.8) is 0 Å². The molecule has 0 saturated heterocycles. The summed E-state index contributed by atoms with van der Waals surface area (Å²) in [5.41, 5.74) is 3.25. The van der Waals surface area contributed by atoms with E-state index in [0.717, 1.165) is 16.8 Å². The number of hydrogen-bond acceptors (Lipinski definition) is 4. The smallest absolute Gasteiger partial charge is 0.260 e. The normalized spacial score (nSPS) is 10.8. The number of likely N-dealkylation sites (N-methyl/N-ethyl adjacent to an activating group) is 1. The number of carbonyl (C=O) groups is 1. The lowest BCUT2D eigenvalue weighted by atomic mass is 10.2. The molecule has 0 N–H and O–H groups in total. The number of nitrogens with zero attached hydrogens (tertiary/aromatic N) is 2. The molecule has 5 nitrogen and oxygen atoms in total. The summed E-state index contributed by atoms with van der Waals surface area (Å²) in [5.74, 6) is 1.12. The topological polar surface area (TPSA) is 42.0 Å². The van der Waals surface area contributed by atoms with Crippen LogP contribution >= 0.6 is 0 Å². The molecule has 0 bridgehead atoms. The van der Waals surface area contributed by atoms with Crippen LogP contribution in [0.15, 0.2) is 48.5 Å². The highest BCUT2D eigenvalue weighted by molar-refractivity contribution is 5.78. The van der Waals surface area contributed by atoms with Crippen LogP contribution < -0.4 is 14.4 Å². The van der Waals surface area contributed by atoms with Gasteiger partial charge in [-0.2, -0.15) is 0 Å². The fraction of sp³-hybridized carbons (Fsp3) is 0.348. The van der Waals surface area contributed by atoms with Gasteiger partial charge in [0.2, 0.25) is 0 Å². The summed E-state index contributed by atoms with van der Waals surface area (Å²) in [6.45, 7) is 5.09. The lowest BCUT2D eigenvalue weighted by molar-refractivity contribution is -0.133. The number of benzene rings is 2. The van der Waals surface area contributed by atoms with Crippen LogP contribution in [0.25, 0.3) is 6.08 Å². The summed E-state index contributed by atoms with van der Waals surface area (Å²) in [4.78, 5) is 16.5. The monoisotopic (exact) mass is 382 g/mol. The van der Waals surface area contributed by atoms with E-state index in [1.54, 1.807) is 12.0 Å². The van der Waals surface area contributed by atoms with Crippen molar-refractivity contribution in [1.29, 1.82) is 0 Å². The molecular weight excluding hydrogens is 352 g/mol. The Hall–Kier alpha value is -2.95. The number of methoxy groups -OCH3 is 1. The third-order valence-corrected chi connectivity index (χ3v) is 4.46. The predicted octanol–water partition coefficient (Wildman–Crippen LogP) is 4.22. The summed E-state index contributed by atoms with van der Waals surface area (Å²) < 4.78 is 11.1. The molecule has 2 aromatic carbocycles. The van der Waals surface area contributed by atoms with Crippen molar-refractivity contribution in [2.45, 2.75) is 20.4 Å². The van der Waals surface area contributed by atoms with E-state index in [2.05, 4.69) is 29.2 Å². The summed E-state index contributed by atoms with van der Waals surface area (Å²) in [5, 5.41) is 0. The van der Waals surface area contributed by atoms with E-state index in [0.29, 0.717) is 24.6 Å². The van der Waals surface area contributed by atoms with Crippen LogP contribution in [-0.2, 0) is 11.3 Å². The van der Waals surface area contributed by atoms with Gasteiger partial charge in [0.1, 0.15) is 0 Å². The molecule has 0 fully saturated rings. The highest BCUT2D eigenvalue weighted by Crippen LogP contribution is 2.28. The quantitative estimate of drug-likeness (QED) is 0.651. The minimum Gasteiger partial charge on any atom is -0.493 e. The van der Waals surface area contributed by atoms with Crippen molar-refractivity contribution >= 4 is 17.7 Å². The molecule has 0 radical (unpaired) electrons. The zero-order valence-electron chi connectivity index (χ0n) is 17.4. The molecule has 0 spiro atoms. The van der Waals surface area contributed by atoms with Gasteiger partial charge in [0.25, 0.3) is 5.91 Å². The maximum absolute atomic E-state index is 12.6. The van der Waals surface area contributed by atoms with Crippen LogP contribution in [0.1, 0.15) is 25.0 Å². The highest BCUT2D eigenvalue weighted by Gasteiger charge is 2.15. The molecule has 0 atom stereocenters. The van der Waals surface area contributed by atoms with Gasteiger partial charge < -0.3 is 19.3 Å². The zero-order valence-corrected chi connectivity index (χ0v) is 17.4. The summed E-state index contributed by atoms with van der Waals surface area (Å²) in [6.07, 6.45) is 3.95. The molecule has 0 aliphatic carbocycles. The molecular formula is C23H30N2O3. The minimum atomic E-state index is -0.0567. The Bertz CT molecular complexity index is 798. The first-order valence-electron chi connectivity index (χ1n) is 9.46. The largest absolute Gasteiger partial charge is 0.493 e. The number of rotatable bonds is 9. The maximum atomic E-state index is 12.6. The van der Waals surface area contributed by atoms with Gasteiger partial charge in [0.05, 0.1) is 7.11 Å². The summed E-state index contributed by atoms with van der Waals surface area (Å²) >= 11 is 0. The third kappa shape index (κ3) is 5.78. The Labute approximate surface area is 168 Å². The SMILES string of the molecule is C/C=C/c1ccc(OCC(=O)N(CC)Cc2ccc(N(C)C)cc2)c(OC)c1. The highest BCUT2D eigenvalue weighted by atomic mass is 16.5. The fourth-order valence-corrected chi connectivity index (χ4v) is 2.83. The van der Waals surface area contributed by atoms with Gasteiger partial charge in [-0.3, -0.25) is 4.79 Å². The second-order valence-corrected chi connectivity index (χ2v) is 6.67. The van der Waals surface area contributed by atoms with Crippen LogP contribution in [-0.4, -0.2) is 45.2 Å². The lowest BCUT2D eigenvalue weighted by Gasteiger charge is -2.22. The van der Waals surface area contributed by atoms with E-state index in [4.69, 9.17) is 9.47 Å². The minimum absolute atomic E-state index is 0.0249. The Balaban J connectivity index is 2.00. The molecule has 1 amide bonds. The molecule has 2 rings (SSSR count). The zero-order chi connectivity index (χ0) is 20.5. The predicted molar refractivity (Wildman–Crippen MR) is 115 cm³/mol. The molecule has 0 saturated carbocycles. The Kier molecular flexibility index (Phi) is 7.93. The van der Waals surface area contributed by atoms with Gasteiger partial charge in [-0.1, -0.05) is 30.4 Å². The Morgan fingerprint density at radius 1 is 1.07 bits per heavy atom. The van der Waals surface area contributed by atoms with Gasteiger partial charge in [-0.15, -0.1) is 0 Å². The number of hydrogen-bond donors (Lipinski definition) is 0.